The largest absolute Gasteiger partial charge is 0.457 e. The van der Waals surface area contributed by atoms with Gasteiger partial charge in [-0.05, 0) is 51.4 Å². The van der Waals surface area contributed by atoms with Crippen LogP contribution in [0.15, 0.2) is 36.5 Å². The highest BCUT2D eigenvalue weighted by Gasteiger charge is 2.13. The first-order valence-electron chi connectivity index (χ1n) is 21.1. The van der Waals surface area contributed by atoms with E-state index < -0.39 is 6.10 Å². The number of ether oxygens (including phenoxy) is 2. The van der Waals surface area contributed by atoms with Crippen molar-refractivity contribution in [3.8, 4) is 0 Å². The molecule has 282 valence electrons. The molecular formula is C44H82O4. The second-order valence-electron chi connectivity index (χ2n) is 14.1. The molecule has 0 saturated heterocycles. The summed E-state index contributed by atoms with van der Waals surface area (Å²) in [6.07, 6.45) is 51.9. The van der Waals surface area contributed by atoms with Crippen molar-refractivity contribution in [1.82, 2.24) is 0 Å². The number of aliphatic hydroxyl groups excluding tert-OH is 1. The van der Waals surface area contributed by atoms with E-state index in [2.05, 4.69) is 50.3 Å². The van der Waals surface area contributed by atoms with E-state index in [-0.39, 0.29) is 12.6 Å². The fourth-order valence-electron chi connectivity index (χ4n) is 6.04. The van der Waals surface area contributed by atoms with E-state index in [1.807, 2.05) is 0 Å². The highest BCUT2D eigenvalue weighted by atomic mass is 16.6. The second-order valence-corrected chi connectivity index (χ2v) is 14.1. The van der Waals surface area contributed by atoms with Gasteiger partial charge in [0.15, 0.2) is 0 Å². The molecule has 4 nitrogen and oxygen atoms in total. The van der Waals surface area contributed by atoms with Gasteiger partial charge in [0.25, 0.3) is 0 Å². The SMILES string of the molecule is CCCCC/C=C\C/C=C\C/C=C\CCCCCCCCCOCC(CO)OC(=O)CCCCCCCCCCCCCCCCCC. The highest BCUT2D eigenvalue weighted by molar-refractivity contribution is 5.69. The predicted molar refractivity (Wildman–Crippen MR) is 210 cm³/mol. The van der Waals surface area contributed by atoms with Crippen molar-refractivity contribution in [2.75, 3.05) is 19.8 Å². The Hall–Kier alpha value is -1.39. The zero-order valence-electron chi connectivity index (χ0n) is 32.3. The zero-order chi connectivity index (χ0) is 34.9. The second kappa shape index (κ2) is 41.8. The Morgan fingerprint density at radius 1 is 0.500 bits per heavy atom. The Bertz CT molecular complexity index is 713. The molecule has 0 amide bonds. The smallest absolute Gasteiger partial charge is 0.306 e. The van der Waals surface area contributed by atoms with Crippen LogP contribution in [0.5, 0.6) is 0 Å². The topological polar surface area (TPSA) is 55.8 Å². The Morgan fingerprint density at radius 2 is 0.875 bits per heavy atom. The summed E-state index contributed by atoms with van der Waals surface area (Å²) in [6, 6.07) is 0. The van der Waals surface area contributed by atoms with E-state index in [0.29, 0.717) is 19.6 Å². The van der Waals surface area contributed by atoms with Gasteiger partial charge in [-0.15, -0.1) is 0 Å². The molecule has 0 aliphatic heterocycles. The lowest BCUT2D eigenvalue weighted by atomic mass is 10.0. The normalized spacial score (nSPS) is 12.6. The zero-order valence-corrected chi connectivity index (χ0v) is 32.3. The van der Waals surface area contributed by atoms with Crippen LogP contribution >= 0.6 is 0 Å². The number of carbonyl (C=O) groups excluding carboxylic acids is 1. The third-order valence-corrected chi connectivity index (χ3v) is 9.22. The summed E-state index contributed by atoms with van der Waals surface area (Å²) >= 11 is 0. The van der Waals surface area contributed by atoms with Crippen LogP contribution in [0.2, 0.25) is 0 Å². The van der Waals surface area contributed by atoms with Crippen molar-refractivity contribution < 1.29 is 19.4 Å². The van der Waals surface area contributed by atoms with Crippen molar-refractivity contribution in [1.29, 1.82) is 0 Å². The van der Waals surface area contributed by atoms with E-state index in [0.717, 1.165) is 32.1 Å². The van der Waals surface area contributed by atoms with E-state index >= 15 is 0 Å². The monoisotopic (exact) mass is 675 g/mol. The van der Waals surface area contributed by atoms with Crippen molar-refractivity contribution >= 4 is 5.97 Å². The summed E-state index contributed by atoms with van der Waals surface area (Å²) in [5.41, 5.74) is 0. The molecule has 0 radical (unpaired) electrons. The van der Waals surface area contributed by atoms with Crippen molar-refractivity contribution in [2.45, 2.75) is 219 Å². The number of esters is 1. The lowest BCUT2D eigenvalue weighted by Crippen LogP contribution is -2.27. The van der Waals surface area contributed by atoms with Gasteiger partial charge in [-0.3, -0.25) is 4.79 Å². The van der Waals surface area contributed by atoms with E-state index in [4.69, 9.17) is 9.47 Å². The Labute approximate surface area is 300 Å². The molecule has 48 heavy (non-hydrogen) atoms. The van der Waals surface area contributed by atoms with Crippen molar-refractivity contribution in [3.05, 3.63) is 36.5 Å². The van der Waals surface area contributed by atoms with Crippen molar-refractivity contribution in [2.24, 2.45) is 0 Å². The molecular weight excluding hydrogens is 592 g/mol. The molecule has 1 unspecified atom stereocenters. The van der Waals surface area contributed by atoms with Gasteiger partial charge in [-0.1, -0.05) is 192 Å². The average Bonchev–Trinajstić information content (AvgIpc) is 3.09. The number of hydrogen-bond acceptors (Lipinski definition) is 4. The van der Waals surface area contributed by atoms with Gasteiger partial charge in [0, 0.05) is 13.0 Å². The molecule has 0 aliphatic rings. The van der Waals surface area contributed by atoms with Crippen LogP contribution in [-0.2, 0) is 14.3 Å². The minimum absolute atomic E-state index is 0.173. The van der Waals surface area contributed by atoms with E-state index in [1.165, 1.54) is 161 Å². The first-order chi connectivity index (χ1) is 23.7. The quantitative estimate of drug-likeness (QED) is 0.0400. The van der Waals surface area contributed by atoms with Crippen LogP contribution in [-0.4, -0.2) is 37.0 Å². The summed E-state index contributed by atoms with van der Waals surface area (Å²) in [7, 11) is 0. The molecule has 0 rings (SSSR count). The fraction of sp³-hybridized carbons (Fsp3) is 0.841. The summed E-state index contributed by atoms with van der Waals surface area (Å²) in [5, 5.41) is 9.59. The molecule has 0 spiro atoms. The minimum Gasteiger partial charge on any atom is -0.457 e. The summed E-state index contributed by atoms with van der Waals surface area (Å²) in [6.45, 7) is 5.32. The lowest BCUT2D eigenvalue weighted by Gasteiger charge is -2.16. The van der Waals surface area contributed by atoms with Crippen LogP contribution < -0.4 is 0 Å². The molecule has 0 heterocycles. The third kappa shape index (κ3) is 39.1. The van der Waals surface area contributed by atoms with Crippen LogP contribution in [0.3, 0.4) is 0 Å². The summed E-state index contributed by atoms with van der Waals surface area (Å²) in [5.74, 6) is -0.202. The van der Waals surface area contributed by atoms with Crippen LogP contribution in [0.4, 0.5) is 0 Å². The molecule has 4 heteroatoms. The van der Waals surface area contributed by atoms with Crippen LogP contribution in [0.1, 0.15) is 213 Å². The highest BCUT2D eigenvalue weighted by Crippen LogP contribution is 2.15. The van der Waals surface area contributed by atoms with Crippen molar-refractivity contribution in [3.63, 3.8) is 0 Å². The third-order valence-electron chi connectivity index (χ3n) is 9.22. The van der Waals surface area contributed by atoms with Gasteiger partial charge >= 0.3 is 5.97 Å². The van der Waals surface area contributed by atoms with Crippen LogP contribution in [0.25, 0.3) is 0 Å². The number of hydrogen-bond donors (Lipinski definition) is 1. The van der Waals surface area contributed by atoms with Gasteiger partial charge in [0.1, 0.15) is 6.10 Å². The van der Waals surface area contributed by atoms with E-state index in [1.54, 1.807) is 0 Å². The lowest BCUT2D eigenvalue weighted by molar-refractivity contribution is -0.154. The molecule has 0 saturated carbocycles. The average molecular weight is 675 g/mol. The molecule has 0 aromatic carbocycles. The molecule has 0 bridgehead atoms. The molecule has 0 aromatic heterocycles. The predicted octanol–water partition coefficient (Wildman–Crippen LogP) is 13.7. The first kappa shape index (κ1) is 46.6. The number of unbranched alkanes of at least 4 members (excludes halogenated alkanes) is 25. The summed E-state index contributed by atoms with van der Waals surface area (Å²) in [4.78, 5) is 12.2. The van der Waals surface area contributed by atoms with Gasteiger partial charge in [0.05, 0.1) is 13.2 Å². The van der Waals surface area contributed by atoms with Gasteiger partial charge in [0.2, 0.25) is 0 Å². The standard InChI is InChI=1S/C44H82O4/c1-3-5-7-9-11-13-15-17-19-21-22-23-24-26-28-30-32-34-36-38-40-47-42-43(41-45)48-44(46)39-37-35-33-31-29-27-25-20-18-16-14-12-10-8-6-4-2/h11,13,17,19,22-23,43,45H,3-10,12,14-16,18,20-21,24-42H2,1-2H3/b13-11-,19-17-,23-22-. The van der Waals surface area contributed by atoms with E-state index in [9.17, 15) is 9.90 Å². The van der Waals surface area contributed by atoms with Gasteiger partial charge < -0.3 is 14.6 Å². The number of aliphatic hydroxyl groups is 1. The summed E-state index contributed by atoms with van der Waals surface area (Å²) < 4.78 is 11.2. The maximum absolute atomic E-state index is 12.2. The molecule has 0 aromatic rings. The molecule has 1 atom stereocenters. The number of carbonyl (C=O) groups is 1. The molecule has 0 aliphatic carbocycles. The maximum Gasteiger partial charge on any atom is 0.306 e. The first-order valence-corrected chi connectivity index (χ1v) is 21.1. The number of rotatable bonds is 39. The van der Waals surface area contributed by atoms with Gasteiger partial charge in [-0.25, -0.2) is 0 Å². The Morgan fingerprint density at radius 3 is 1.35 bits per heavy atom. The minimum atomic E-state index is -0.536. The molecule has 1 N–H and O–H groups in total. The van der Waals surface area contributed by atoms with Crippen LogP contribution in [0, 0.1) is 0 Å². The van der Waals surface area contributed by atoms with Gasteiger partial charge in [-0.2, -0.15) is 0 Å². The maximum atomic E-state index is 12.2. The fourth-order valence-corrected chi connectivity index (χ4v) is 6.04. The number of allylic oxidation sites excluding steroid dienone is 6. The Kier molecular flexibility index (Phi) is 40.6. The molecule has 0 fully saturated rings. The Balaban J connectivity index is 3.44.